The molecule has 29 heavy (non-hydrogen) atoms. The Hall–Kier alpha value is -1.11. The van der Waals surface area contributed by atoms with Crippen molar-refractivity contribution in [2.45, 2.75) is 24.5 Å². The van der Waals surface area contributed by atoms with Crippen molar-refractivity contribution in [3.63, 3.8) is 0 Å². The summed E-state index contributed by atoms with van der Waals surface area (Å²) in [4.78, 5) is 48.1. The summed E-state index contributed by atoms with van der Waals surface area (Å²) in [7, 11) is -10.5. The standard InChI is InChI=1S/C10H15N5O11P2.Li/c11-10-13-7-4(8(18)14-10)12-2-15(7)9-6(17)5(16)3(25-9)1-24-28(22,23)26-27(19,20)21;/h2-3,5-6,9,16-17H,1H2,(H,22,23)(H2,19,20,21)(H3,11,13,14,18);/q;+1/t3-,5-,6-,9-;/m0./s1. The molecule has 16 nitrogen and oxygen atoms in total. The van der Waals surface area contributed by atoms with Crippen molar-refractivity contribution in [2.24, 2.45) is 0 Å². The van der Waals surface area contributed by atoms with Gasteiger partial charge in [-0.05, 0) is 0 Å². The fraction of sp³-hybridized carbons (Fsp3) is 0.500. The molecular formula is C10H15LiN5O11P2+. The Morgan fingerprint density at radius 3 is 2.55 bits per heavy atom. The van der Waals surface area contributed by atoms with E-state index in [1.54, 1.807) is 0 Å². The Kier molecular flexibility index (Phi) is 7.13. The zero-order chi connectivity index (χ0) is 20.9. The number of nitrogens with two attached hydrogens (primary N) is 1. The van der Waals surface area contributed by atoms with Gasteiger partial charge in [-0.3, -0.25) is 18.9 Å². The van der Waals surface area contributed by atoms with E-state index in [2.05, 4.69) is 23.8 Å². The molecule has 0 bridgehead atoms. The molecule has 1 fully saturated rings. The summed E-state index contributed by atoms with van der Waals surface area (Å²) in [6.45, 7) is -0.870. The van der Waals surface area contributed by atoms with Gasteiger partial charge in [0.25, 0.3) is 5.56 Å². The van der Waals surface area contributed by atoms with Crippen LogP contribution in [0.5, 0.6) is 0 Å². The molecular weight excluding hydrogens is 435 g/mol. The minimum absolute atomic E-state index is 0. The summed E-state index contributed by atoms with van der Waals surface area (Å²) in [6.07, 6.45) is -4.88. The van der Waals surface area contributed by atoms with Gasteiger partial charge in [-0.1, -0.05) is 0 Å². The maximum Gasteiger partial charge on any atom is 1.00 e. The van der Waals surface area contributed by atoms with Gasteiger partial charge in [-0.2, -0.15) is 9.29 Å². The second-order valence-corrected chi connectivity index (χ2v) is 8.49. The predicted molar refractivity (Wildman–Crippen MR) is 87.4 cm³/mol. The van der Waals surface area contributed by atoms with E-state index in [1.807, 2.05) is 0 Å². The number of phosphoric acid groups is 2. The molecule has 3 rings (SSSR count). The van der Waals surface area contributed by atoms with Crippen LogP contribution in [0.2, 0.25) is 0 Å². The molecule has 0 aromatic carbocycles. The maximum absolute atomic E-state index is 11.8. The number of aromatic nitrogens is 4. The number of rotatable bonds is 6. The number of nitrogen functional groups attached to an aromatic ring is 1. The van der Waals surface area contributed by atoms with Crippen LogP contribution in [0.15, 0.2) is 11.1 Å². The molecule has 2 aromatic rings. The van der Waals surface area contributed by atoms with Crippen LogP contribution in [-0.2, 0) is 22.7 Å². The van der Waals surface area contributed by atoms with E-state index in [0.29, 0.717) is 0 Å². The van der Waals surface area contributed by atoms with E-state index in [1.165, 1.54) is 0 Å². The number of hydrogen-bond acceptors (Lipinski definition) is 11. The van der Waals surface area contributed by atoms with Crippen LogP contribution < -0.4 is 30.2 Å². The molecule has 8 N–H and O–H groups in total. The molecule has 0 radical (unpaired) electrons. The third-order valence-corrected chi connectivity index (χ3v) is 5.83. The number of H-pyrrole nitrogens is 1. The molecule has 1 saturated heterocycles. The van der Waals surface area contributed by atoms with E-state index < -0.39 is 52.4 Å². The van der Waals surface area contributed by atoms with Gasteiger partial charge in [0, 0.05) is 0 Å². The topological polar surface area (TPSA) is 253 Å². The van der Waals surface area contributed by atoms with Crippen LogP contribution in [0.25, 0.3) is 11.2 Å². The van der Waals surface area contributed by atoms with Crippen molar-refractivity contribution in [3.05, 3.63) is 16.7 Å². The predicted octanol–water partition coefficient (Wildman–Crippen LogP) is -5.45. The van der Waals surface area contributed by atoms with Crippen LogP contribution in [0.3, 0.4) is 0 Å². The van der Waals surface area contributed by atoms with Gasteiger partial charge in [0.05, 0.1) is 12.9 Å². The average molecular weight is 450 g/mol. The Morgan fingerprint density at radius 1 is 1.28 bits per heavy atom. The number of anilines is 1. The number of aliphatic hydroxyl groups excluding tert-OH is 2. The number of ether oxygens (including phenoxy) is 1. The first-order valence-electron chi connectivity index (χ1n) is 7.36. The van der Waals surface area contributed by atoms with Crippen molar-refractivity contribution >= 4 is 32.8 Å². The second-order valence-electron chi connectivity index (χ2n) is 5.66. The first kappa shape index (κ1) is 24.2. The Morgan fingerprint density at radius 2 is 1.93 bits per heavy atom. The normalized spacial score (nSPS) is 26.9. The molecule has 0 amide bonds. The van der Waals surface area contributed by atoms with Crippen molar-refractivity contribution in [3.8, 4) is 0 Å². The Labute approximate surface area is 172 Å². The third-order valence-electron chi connectivity index (χ3n) is 3.67. The smallest absolute Gasteiger partial charge is 0.387 e. The van der Waals surface area contributed by atoms with Crippen molar-refractivity contribution in [2.75, 3.05) is 12.3 Å². The van der Waals surface area contributed by atoms with E-state index in [0.717, 1.165) is 10.9 Å². The third kappa shape index (κ3) is 5.33. The monoisotopic (exact) mass is 450 g/mol. The van der Waals surface area contributed by atoms with Crippen LogP contribution in [0.1, 0.15) is 6.23 Å². The van der Waals surface area contributed by atoms with Crippen molar-refractivity contribution in [1.82, 2.24) is 19.5 Å². The van der Waals surface area contributed by atoms with Gasteiger partial charge in [0.2, 0.25) is 5.95 Å². The fourth-order valence-electron chi connectivity index (χ4n) is 2.55. The fourth-order valence-corrected chi connectivity index (χ4v) is 4.15. The summed E-state index contributed by atoms with van der Waals surface area (Å²) >= 11 is 0. The molecule has 3 heterocycles. The number of imidazole rings is 1. The maximum atomic E-state index is 11.8. The van der Waals surface area contributed by atoms with Gasteiger partial charge in [-0.25, -0.2) is 14.1 Å². The average Bonchev–Trinajstić information content (AvgIpc) is 3.06. The van der Waals surface area contributed by atoms with E-state index >= 15 is 0 Å². The molecule has 156 valence electrons. The first-order valence-corrected chi connectivity index (χ1v) is 10.4. The van der Waals surface area contributed by atoms with Gasteiger partial charge < -0.3 is 35.4 Å². The summed E-state index contributed by atoms with van der Waals surface area (Å²) < 4.78 is 36.6. The van der Waals surface area contributed by atoms with Gasteiger partial charge >= 0.3 is 34.5 Å². The molecule has 1 aliphatic heterocycles. The number of hydrogen-bond donors (Lipinski definition) is 7. The number of fused-ring (bicyclic) bond motifs is 1. The zero-order valence-corrected chi connectivity index (χ0v) is 16.4. The minimum atomic E-state index is -5.32. The minimum Gasteiger partial charge on any atom is -0.387 e. The molecule has 5 atom stereocenters. The van der Waals surface area contributed by atoms with Crippen LogP contribution in [0, 0.1) is 0 Å². The van der Waals surface area contributed by atoms with Gasteiger partial charge in [-0.15, -0.1) is 0 Å². The molecule has 0 saturated carbocycles. The van der Waals surface area contributed by atoms with Crippen LogP contribution in [0.4, 0.5) is 5.95 Å². The SMILES string of the molecule is Nc1nc2c(ncn2[C@H]2O[C@@H](COP(=O)(O)OP(=O)(O)O)[C@H](O)[C@@H]2O)c(=O)[nH]1.[Li+]. The quantitative estimate of drug-likeness (QED) is 0.160. The van der Waals surface area contributed by atoms with Crippen LogP contribution in [-0.4, -0.2) is 69.3 Å². The number of nitrogens with zero attached hydrogens (tertiary/aromatic N) is 3. The van der Waals surface area contributed by atoms with E-state index in [4.69, 9.17) is 20.3 Å². The first-order chi connectivity index (χ1) is 12.9. The number of aromatic amines is 1. The zero-order valence-electron chi connectivity index (χ0n) is 14.6. The van der Waals surface area contributed by atoms with E-state index in [-0.39, 0.29) is 36.0 Å². The Bertz CT molecular complexity index is 1040. The molecule has 19 heteroatoms. The van der Waals surface area contributed by atoms with Gasteiger partial charge in [0.1, 0.15) is 18.3 Å². The molecule has 1 unspecified atom stereocenters. The number of aliphatic hydroxyl groups is 2. The summed E-state index contributed by atoms with van der Waals surface area (Å²) in [5.74, 6) is -0.233. The second kappa shape index (κ2) is 8.56. The molecule has 2 aromatic heterocycles. The van der Waals surface area contributed by atoms with Gasteiger partial charge in [0.15, 0.2) is 17.4 Å². The summed E-state index contributed by atoms with van der Waals surface area (Å²) in [5.41, 5.74) is 4.65. The summed E-state index contributed by atoms with van der Waals surface area (Å²) in [5, 5.41) is 20.3. The summed E-state index contributed by atoms with van der Waals surface area (Å²) in [6, 6.07) is 0. The van der Waals surface area contributed by atoms with E-state index in [9.17, 15) is 29.0 Å². The number of nitrogens with one attached hydrogen (secondary N) is 1. The largest absolute Gasteiger partial charge is 1.00 e. The van der Waals surface area contributed by atoms with Crippen molar-refractivity contribution in [1.29, 1.82) is 0 Å². The molecule has 1 aliphatic rings. The van der Waals surface area contributed by atoms with Crippen LogP contribution >= 0.6 is 15.6 Å². The van der Waals surface area contributed by atoms with Crippen molar-refractivity contribution < 1.29 is 66.5 Å². The molecule has 0 spiro atoms. The molecule has 0 aliphatic carbocycles. The Balaban J connectivity index is 0.00000300. The number of phosphoric ester groups is 1.